The van der Waals surface area contributed by atoms with E-state index < -0.39 is 0 Å². The van der Waals surface area contributed by atoms with Crippen molar-refractivity contribution in [3.05, 3.63) is 46.0 Å². The fourth-order valence-corrected chi connectivity index (χ4v) is 2.02. The summed E-state index contributed by atoms with van der Waals surface area (Å²) < 4.78 is 4.68. The van der Waals surface area contributed by atoms with Crippen molar-refractivity contribution >= 4 is 23.2 Å². The normalized spacial score (nSPS) is 12.6. The molecule has 6 heteroatoms. The summed E-state index contributed by atoms with van der Waals surface area (Å²) in [5.74, 6) is 0.633. The Morgan fingerprint density at radius 1 is 1.33 bits per heavy atom. The maximum absolute atomic E-state index is 6.02. The van der Waals surface area contributed by atoms with Crippen LogP contribution in [0.2, 0.25) is 10.0 Å². The third-order valence-electron chi connectivity index (χ3n) is 2.67. The third-order valence-corrected chi connectivity index (χ3v) is 3.41. The Morgan fingerprint density at radius 2 is 2.17 bits per heavy atom. The van der Waals surface area contributed by atoms with Crippen LogP contribution in [0.3, 0.4) is 0 Å². The summed E-state index contributed by atoms with van der Waals surface area (Å²) in [6.45, 7) is 2.64. The molecule has 0 saturated heterocycles. The molecular formula is C12H13Cl2N3O. The van der Waals surface area contributed by atoms with Crippen molar-refractivity contribution in [1.29, 1.82) is 0 Å². The molecule has 2 aromatic rings. The number of benzene rings is 1. The van der Waals surface area contributed by atoms with Crippen LogP contribution in [0.25, 0.3) is 0 Å². The highest BCUT2D eigenvalue weighted by Crippen LogP contribution is 2.26. The van der Waals surface area contributed by atoms with Crippen molar-refractivity contribution in [2.75, 3.05) is 0 Å². The van der Waals surface area contributed by atoms with Gasteiger partial charge < -0.3 is 9.84 Å². The largest absolute Gasteiger partial charge is 0.343 e. The van der Waals surface area contributed by atoms with Gasteiger partial charge in [0.15, 0.2) is 5.82 Å². The van der Waals surface area contributed by atoms with Crippen molar-refractivity contribution in [2.24, 2.45) is 0 Å². The van der Waals surface area contributed by atoms with E-state index in [1.165, 1.54) is 6.39 Å². The van der Waals surface area contributed by atoms with E-state index in [9.17, 15) is 0 Å². The molecular weight excluding hydrogens is 273 g/mol. The quantitative estimate of drug-likeness (QED) is 0.912. The van der Waals surface area contributed by atoms with E-state index in [2.05, 4.69) is 26.9 Å². The highest BCUT2D eigenvalue weighted by molar-refractivity contribution is 6.42. The number of aromatic nitrogens is 2. The lowest BCUT2D eigenvalue weighted by molar-refractivity contribution is 0.403. The third kappa shape index (κ3) is 3.22. The minimum Gasteiger partial charge on any atom is -0.343 e. The van der Waals surface area contributed by atoms with Gasteiger partial charge in [-0.1, -0.05) is 41.3 Å². The monoisotopic (exact) mass is 285 g/mol. The van der Waals surface area contributed by atoms with Gasteiger partial charge in [-0.3, -0.25) is 0 Å². The number of halogens is 2. The molecule has 1 heterocycles. The van der Waals surface area contributed by atoms with E-state index in [1.54, 1.807) is 6.07 Å². The Hall–Kier alpha value is -1.10. The first-order valence-electron chi connectivity index (χ1n) is 5.64. The van der Waals surface area contributed by atoms with Crippen molar-refractivity contribution in [3.8, 4) is 0 Å². The summed E-state index contributed by atoms with van der Waals surface area (Å²) in [4.78, 5) is 3.96. The number of nitrogens with zero attached hydrogens (tertiary/aromatic N) is 2. The van der Waals surface area contributed by atoms with Crippen LogP contribution in [0.1, 0.15) is 30.8 Å². The Labute approximate surface area is 115 Å². The van der Waals surface area contributed by atoms with Crippen molar-refractivity contribution < 1.29 is 4.52 Å². The molecule has 1 unspecified atom stereocenters. The molecule has 0 amide bonds. The van der Waals surface area contributed by atoms with Gasteiger partial charge in [0.25, 0.3) is 0 Å². The molecule has 18 heavy (non-hydrogen) atoms. The molecule has 0 bridgehead atoms. The Bertz CT molecular complexity index is 502. The lowest BCUT2D eigenvalue weighted by Crippen LogP contribution is -2.20. The Kier molecular flexibility index (Phi) is 4.58. The number of hydrogen-bond donors (Lipinski definition) is 1. The number of nitrogens with one attached hydrogen (secondary N) is 1. The van der Waals surface area contributed by atoms with Crippen LogP contribution >= 0.6 is 23.2 Å². The van der Waals surface area contributed by atoms with Gasteiger partial charge in [-0.2, -0.15) is 4.98 Å². The first kappa shape index (κ1) is 13.3. The van der Waals surface area contributed by atoms with E-state index in [0.29, 0.717) is 22.4 Å². The summed E-state index contributed by atoms with van der Waals surface area (Å²) in [6.07, 6.45) is 2.24. The smallest absolute Gasteiger partial charge is 0.213 e. The standard InChI is InChI=1S/C12H13Cl2N3O/c1-2-11(15-6-12-16-7-18-17-12)8-3-4-9(13)10(14)5-8/h3-5,7,11,15H,2,6H2,1H3. The second kappa shape index (κ2) is 6.18. The average molecular weight is 286 g/mol. The van der Waals surface area contributed by atoms with Gasteiger partial charge in [-0.05, 0) is 24.1 Å². The van der Waals surface area contributed by atoms with E-state index in [-0.39, 0.29) is 6.04 Å². The van der Waals surface area contributed by atoms with Crippen LogP contribution in [-0.2, 0) is 6.54 Å². The van der Waals surface area contributed by atoms with Crippen LogP contribution < -0.4 is 5.32 Å². The zero-order valence-electron chi connectivity index (χ0n) is 9.86. The highest BCUT2D eigenvalue weighted by Gasteiger charge is 2.11. The van der Waals surface area contributed by atoms with Crippen molar-refractivity contribution in [2.45, 2.75) is 25.9 Å². The maximum atomic E-state index is 6.02. The topological polar surface area (TPSA) is 51.0 Å². The van der Waals surface area contributed by atoms with Crippen molar-refractivity contribution in [1.82, 2.24) is 15.5 Å². The minimum atomic E-state index is 0.179. The molecule has 0 aliphatic heterocycles. The predicted molar refractivity (Wildman–Crippen MR) is 70.6 cm³/mol. The average Bonchev–Trinajstić information content (AvgIpc) is 2.87. The summed E-state index contributed by atoms with van der Waals surface area (Å²) in [5, 5.41) is 8.23. The molecule has 2 rings (SSSR count). The minimum absolute atomic E-state index is 0.179. The van der Waals surface area contributed by atoms with Gasteiger partial charge >= 0.3 is 0 Å². The molecule has 0 fully saturated rings. The van der Waals surface area contributed by atoms with Crippen LogP contribution in [0.5, 0.6) is 0 Å². The molecule has 1 aromatic carbocycles. The zero-order chi connectivity index (χ0) is 13.0. The summed E-state index contributed by atoms with van der Waals surface area (Å²) in [6, 6.07) is 5.82. The van der Waals surface area contributed by atoms with Gasteiger partial charge in [0.1, 0.15) is 0 Å². The SMILES string of the molecule is CCC(NCc1ncon1)c1ccc(Cl)c(Cl)c1. The molecule has 0 spiro atoms. The summed E-state index contributed by atoms with van der Waals surface area (Å²) in [5.41, 5.74) is 1.09. The zero-order valence-corrected chi connectivity index (χ0v) is 11.4. The van der Waals surface area contributed by atoms with Crippen LogP contribution in [0.15, 0.2) is 29.1 Å². The first-order valence-corrected chi connectivity index (χ1v) is 6.40. The molecule has 0 aliphatic carbocycles. The van der Waals surface area contributed by atoms with Gasteiger partial charge in [0, 0.05) is 6.04 Å². The molecule has 0 saturated carbocycles. The van der Waals surface area contributed by atoms with Gasteiger partial charge in [-0.25, -0.2) is 0 Å². The second-order valence-electron chi connectivity index (χ2n) is 3.86. The lowest BCUT2D eigenvalue weighted by atomic mass is 10.0. The molecule has 96 valence electrons. The van der Waals surface area contributed by atoms with E-state index in [4.69, 9.17) is 23.2 Å². The molecule has 4 nitrogen and oxygen atoms in total. The molecule has 0 aliphatic rings. The molecule has 1 N–H and O–H groups in total. The fraction of sp³-hybridized carbons (Fsp3) is 0.333. The lowest BCUT2D eigenvalue weighted by Gasteiger charge is -2.16. The fourth-order valence-electron chi connectivity index (χ4n) is 1.71. The number of rotatable bonds is 5. The van der Waals surface area contributed by atoms with E-state index >= 15 is 0 Å². The van der Waals surface area contributed by atoms with Gasteiger partial charge in [0.2, 0.25) is 6.39 Å². The van der Waals surface area contributed by atoms with Crippen LogP contribution in [0, 0.1) is 0 Å². The summed E-state index contributed by atoms with van der Waals surface area (Å²) in [7, 11) is 0. The van der Waals surface area contributed by atoms with Gasteiger partial charge in [0.05, 0.1) is 16.6 Å². The van der Waals surface area contributed by atoms with E-state index in [1.807, 2.05) is 12.1 Å². The van der Waals surface area contributed by atoms with Gasteiger partial charge in [-0.15, -0.1) is 0 Å². The number of hydrogen-bond acceptors (Lipinski definition) is 4. The highest BCUT2D eigenvalue weighted by atomic mass is 35.5. The second-order valence-corrected chi connectivity index (χ2v) is 4.68. The van der Waals surface area contributed by atoms with Crippen LogP contribution in [0.4, 0.5) is 0 Å². The Balaban J connectivity index is 2.05. The molecule has 0 radical (unpaired) electrons. The van der Waals surface area contributed by atoms with Crippen molar-refractivity contribution in [3.63, 3.8) is 0 Å². The van der Waals surface area contributed by atoms with E-state index in [0.717, 1.165) is 12.0 Å². The predicted octanol–water partition coefficient (Wildman–Crippen LogP) is 3.62. The summed E-state index contributed by atoms with van der Waals surface area (Å²) >= 11 is 11.9. The maximum Gasteiger partial charge on any atom is 0.213 e. The molecule has 1 aromatic heterocycles. The molecule has 1 atom stereocenters. The first-order chi connectivity index (χ1) is 8.70. The Morgan fingerprint density at radius 3 is 2.78 bits per heavy atom. The van der Waals surface area contributed by atoms with Crippen LogP contribution in [-0.4, -0.2) is 10.1 Å².